The lowest BCUT2D eigenvalue weighted by Crippen LogP contribution is -2.54. The first-order valence-electron chi connectivity index (χ1n) is 11.0. The van der Waals surface area contributed by atoms with Crippen LogP contribution >= 0.6 is 0 Å². The van der Waals surface area contributed by atoms with E-state index in [2.05, 4.69) is 31.4 Å². The molecule has 1 atom stereocenters. The summed E-state index contributed by atoms with van der Waals surface area (Å²) < 4.78 is 0. The first-order chi connectivity index (χ1) is 14.1. The summed E-state index contributed by atoms with van der Waals surface area (Å²) in [4.78, 5) is 40.0. The molecule has 0 saturated carbocycles. The van der Waals surface area contributed by atoms with Crippen LogP contribution < -0.4 is 10.6 Å². The molecule has 0 radical (unpaired) electrons. The molecule has 166 valence electrons. The van der Waals surface area contributed by atoms with E-state index in [-0.39, 0.29) is 29.1 Å². The molecule has 2 N–H and O–H groups in total. The van der Waals surface area contributed by atoms with Gasteiger partial charge in [-0.2, -0.15) is 0 Å². The van der Waals surface area contributed by atoms with E-state index in [1.54, 1.807) is 12.1 Å². The highest BCUT2D eigenvalue weighted by Gasteiger charge is 2.34. The topological polar surface area (TPSA) is 78.5 Å². The number of amides is 3. The molecule has 3 amide bonds. The van der Waals surface area contributed by atoms with Crippen molar-refractivity contribution < 1.29 is 14.4 Å². The zero-order chi connectivity index (χ0) is 22.3. The lowest BCUT2D eigenvalue weighted by atomic mass is 9.87. The summed E-state index contributed by atoms with van der Waals surface area (Å²) in [5, 5.41) is 5.89. The normalized spacial score (nSPS) is 16.1. The van der Waals surface area contributed by atoms with Gasteiger partial charge in [-0.3, -0.25) is 14.4 Å². The van der Waals surface area contributed by atoms with Crippen LogP contribution in [0.25, 0.3) is 0 Å². The van der Waals surface area contributed by atoms with Crippen LogP contribution in [0, 0.1) is 18.3 Å². The van der Waals surface area contributed by atoms with E-state index in [9.17, 15) is 14.4 Å². The van der Waals surface area contributed by atoms with Crippen molar-refractivity contribution in [2.45, 2.75) is 66.3 Å². The minimum Gasteiger partial charge on any atom is -0.354 e. The fraction of sp³-hybridized carbons (Fsp3) is 0.625. The number of nitrogens with zero attached hydrogens (tertiary/aromatic N) is 1. The predicted molar refractivity (Wildman–Crippen MR) is 119 cm³/mol. The molecule has 1 aliphatic rings. The Labute approximate surface area is 180 Å². The standard InChI is InChI=1S/C24H37N3O3/c1-6-13-25-23(30)21(26-22(29)19-9-7-17(2)8-10-19)18-11-14-27(15-12-18)20(28)16-24(3,4)5/h7-10,18,21H,6,11-16H2,1-5H3,(H,25,30)(H,26,29)/t21-/m0/s1. The van der Waals surface area contributed by atoms with Crippen LogP contribution in [0.4, 0.5) is 0 Å². The fourth-order valence-corrected chi connectivity index (χ4v) is 3.73. The molecular formula is C24H37N3O3. The maximum atomic E-state index is 12.8. The fourth-order valence-electron chi connectivity index (χ4n) is 3.73. The lowest BCUT2D eigenvalue weighted by molar-refractivity contribution is -0.134. The number of hydrogen-bond donors (Lipinski definition) is 2. The smallest absolute Gasteiger partial charge is 0.251 e. The lowest BCUT2D eigenvalue weighted by Gasteiger charge is -2.36. The molecule has 0 aromatic heterocycles. The molecule has 1 aliphatic heterocycles. The Morgan fingerprint density at radius 3 is 2.23 bits per heavy atom. The number of carbonyl (C=O) groups excluding carboxylic acids is 3. The van der Waals surface area contributed by atoms with Crippen LogP contribution in [0.2, 0.25) is 0 Å². The maximum Gasteiger partial charge on any atom is 0.251 e. The van der Waals surface area contributed by atoms with Crippen LogP contribution in [0.1, 0.15) is 69.3 Å². The summed E-state index contributed by atoms with van der Waals surface area (Å²) in [5.74, 6) is -0.207. The van der Waals surface area contributed by atoms with Gasteiger partial charge in [0, 0.05) is 31.6 Å². The highest BCUT2D eigenvalue weighted by Crippen LogP contribution is 2.25. The van der Waals surface area contributed by atoms with Crippen molar-refractivity contribution in [3.05, 3.63) is 35.4 Å². The number of likely N-dealkylation sites (tertiary alicyclic amines) is 1. The Hall–Kier alpha value is -2.37. The average Bonchev–Trinajstić information content (AvgIpc) is 2.69. The Balaban J connectivity index is 2.04. The third kappa shape index (κ3) is 7.15. The van der Waals surface area contributed by atoms with Gasteiger partial charge in [0.25, 0.3) is 5.91 Å². The number of benzene rings is 1. The van der Waals surface area contributed by atoms with Gasteiger partial charge in [0.1, 0.15) is 6.04 Å². The molecule has 0 unspecified atom stereocenters. The summed E-state index contributed by atoms with van der Waals surface area (Å²) in [5.41, 5.74) is 1.58. The van der Waals surface area contributed by atoms with E-state index in [0.717, 1.165) is 12.0 Å². The Kier molecular flexibility index (Phi) is 8.44. The molecule has 1 saturated heterocycles. The van der Waals surface area contributed by atoms with Crippen LogP contribution in [0.3, 0.4) is 0 Å². The third-order valence-corrected chi connectivity index (χ3v) is 5.48. The van der Waals surface area contributed by atoms with Gasteiger partial charge in [-0.1, -0.05) is 45.4 Å². The van der Waals surface area contributed by atoms with E-state index in [1.807, 2.05) is 30.9 Å². The van der Waals surface area contributed by atoms with Crippen LogP contribution in [-0.4, -0.2) is 48.3 Å². The Bertz CT molecular complexity index is 729. The molecule has 1 heterocycles. The van der Waals surface area contributed by atoms with E-state index in [0.29, 0.717) is 44.5 Å². The van der Waals surface area contributed by atoms with Crippen molar-refractivity contribution >= 4 is 17.7 Å². The second-order valence-electron chi connectivity index (χ2n) is 9.56. The van der Waals surface area contributed by atoms with Crippen molar-refractivity contribution in [1.29, 1.82) is 0 Å². The molecule has 1 aromatic rings. The zero-order valence-corrected chi connectivity index (χ0v) is 19.1. The number of aryl methyl sites for hydroxylation is 1. The van der Waals surface area contributed by atoms with E-state index in [1.165, 1.54) is 0 Å². The Morgan fingerprint density at radius 1 is 1.10 bits per heavy atom. The summed E-state index contributed by atoms with van der Waals surface area (Å²) in [6.07, 6.45) is 2.76. The van der Waals surface area contributed by atoms with Gasteiger partial charge in [0.15, 0.2) is 0 Å². The minimum atomic E-state index is -0.592. The molecule has 30 heavy (non-hydrogen) atoms. The zero-order valence-electron chi connectivity index (χ0n) is 19.1. The summed E-state index contributed by atoms with van der Waals surface area (Å²) >= 11 is 0. The number of rotatable bonds is 7. The van der Waals surface area contributed by atoms with Crippen LogP contribution in [0.15, 0.2) is 24.3 Å². The predicted octanol–water partition coefficient (Wildman–Crippen LogP) is 3.29. The second-order valence-corrected chi connectivity index (χ2v) is 9.56. The first-order valence-corrected chi connectivity index (χ1v) is 11.0. The minimum absolute atomic E-state index is 0.00920. The molecule has 1 aromatic carbocycles. The van der Waals surface area contributed by atoms with E-state index in [4.69, 9.17) is 0 Å². The SMILES string of the molecule is CCCNC(=O)[C@@H](NC(=O)c1ccc(C)cc1)C1CCN(C(=O)CC(C)(C)C)CC1. The van der Waals surface area contributed by atoms with Crippen molar-refractivity contribution in [3.8, 4) is 0 Å². The Morgan fingerprint density at radius 2 is 1.70 bits per heavy atom. The summed E-state index contributed by atoms with van der Waals surface area (Å²) in [6, 6.07) is 6.74. The largest absolute Gasteiger partial charge is 0.354 e. The van der Waals surface area contributed by atoms with E-state index < -0.39 is 6.04 Å². The summed E-state index contributed by atoms with van der Waals surface area (Å²) in [7, 11) is 0. The number of piperidine rings is 1. The van der Waals surface area contributed by atoms with Crippen molar-refractivity contribution in [2.24, 2.45) is 11.3 Å². The van der Waals surface area contributed by atoms with Gasteiger partial charge >= 0.3 is 0 Å². The van der Waals surface area contributed by atoms with Gasteiger partial charge in [0.2, 0.25) is 11.8 Å². The van der Waals surface area contributed by atoms with Gasteiger partial charge in [-0.15, -0.1) is 0 Å². The highest BCUT2D eigenvalue weighted by molar-refractivity contribution is 5.97. The van der Waals surface area contributed by atoms with Crippen molar-refractivity contribution in [3.63, 3.8) is 0 Å². The molecule has 1 fully saturated rings. The van der Waals surface area contributed by atoms with Crippen molar-refractivity contribution in [1.82, 2.24) is 15.5 Å². The van der Waals surface area contributed by atoms with Gasteiger partial charge < -0.3 is 15.5 Å². The number of nitrogens with one attached hydrogen (secondary N) is 2. The quantitative estimate of drug-likeness (QED) is 0.717. The monoisotopic (exact) mass is 415 g/mol. The summed E-state index contributed by atoms with van der Waals surface area (Å²) in [6.45, 7) is 12.0. The number of carbonyl (C=O) groups is 3. The second kappa shape index (κ2) is 10.6. The molecule has 0 bridgehead atoms. The molecule has 6 heteroatoms. The highest BCUT2D eigenvalue weighted by atomic mass is 16.2. The van der Waals surface area contributed by atoms with Crippen LogP contribution in [0.5, 0.6) is 0 Å². The molecule has 0 spiro atoms. The number of hydrogen-bond acceptors (Lipinski definition) is 3. The van der Waals surface area contributed by atoms with Crippen molar-refractivity contribution in [2.75, 3.05) is 19.6 Å². The maximum absolute atomic E-state index is 12.8. The van der Waals surface area contributed by atoms with Gasteiger partial charge in [-0.05, 0) is 49.7 Å². The molecule has 0 aliphatic carbocycles. The molecular weight excluding hydrogens is 378 g/mol. The van der Waals surface area contributed by atoms with E-state index >= 15 is 0 Å². The average molecular weight is 416 g/mol. The van der Waals surface area contributed by atoms with Gasteiger partial charge in [0.05, 0.1) is 0 Å². The third-order valence-electron chi connectivity index (χ3n) is 5.48. The van der Waals surface area contributed by atoms with Gasteiger partial charge in [-0.25, -0.2) is 0 Å². The van der Waals surface area contributed by atoms with Crippen LogP contribution in [-0.2, 0) is 9.59 Å². The first kappa shape index (κ1) is 23.9. The molecule has 2 rings (SSSR count). The molecule has 6 nitrogen and oxygen atoms in total.